The van der Waals surface area contributed by atoms with Gasteiger partial charge >= 0.3 is 0 Å². The van der Waals surface area contributed by atoms with Crippen molar-refractivity contribution < 1.29 is 22.3 Å². The van der Waals surface area contributed by atoms with Crippen LogP contribution in [0.5, 0.6) is 5.75 Å². The predicted octanol–water partition coefficient (Wildman–Crippen LogP) is 4.27. The van der Waals surface area contributed by atoms with E-state index in [1.807, 2.05) is 35.0 Å². The zero-order chi connectivity index (χ0) is 29.1. The zero-order valence-corrected chi connectivity index (χ0v) is 25.6. The molecule has 0 saturated carbocycles. The van der Waals surface area contributed by atoms with Crippen LogP contribution in [0.15, 0.2) is 48.8 Å². The van der Waals surface area contributed by atoms with Crippen LogP contribution in [0.2, 0.25) is 25.7 Å². The highest BCUT2D eigenvalue weighted by molar-refractivity contribution is 7.69. The Kier molecular flexibility index (Phi) is 8.68. The largest absolute Gasteiger partial charge is 0.496 e. The topological polar surface area (TPSA) is 103 Å². The van der Waals surface area contributed by atoms with Crippen LogP contribution >= 0.6 is 0 Å². The Labute approximate surface area is 241 Å². The molecule has 0 spiro atoms. The Morgan fingerprint density at radius 3 is 2.44 bits per heavy atom. The summed E-state index contributed by atoms with van der Waals surface area (Å²) in [6.07, 6.45) is 3.11. The molecule has 0 unspecified atom stereocenters. The van der Waals surface area contributed by atoms with Gasteiger partial charge in [-0.25, -0.2) is 27.4 Å². The molecule has 13 heteroatoms. The van der Waals surface area contributed by atoms with E-state index in [1.54, 1.807) is 12.3 Å². The van der Waals surface area contributed by atoms with Crippen molar-refractivity contribution in [3.63, 3.8) is 0 Å². The maximum atomic E-state index is 14.9. The molecule has 0 radical (unpaired) electrons. The molecule has 10 nitrogen and oxygen atoms in total. The van der Waals surface area contributed by atoms with Crippen molar-refractivity contribution in [3.8, 4) is 28.1 Å². The Balaban J connectivity index is 1.54. The number of pyridine rings is 2. The number of hydrogen-bond donors (Lipinski definition) is 1. The highest BCUT2D eigenvalue weighted by Crippen LogP contribution is 2.37. The number of benzene rings is 1. The molecule has 0 aliphatic carbocycles. The zero-order valence-electron chi connectivity index (χ0n) is 23.7. The Morgan fingerprint density at radius 1 is 0.976 bits per heavy atom. The van der Waals surface area contributed by atoms with Gasteiger partial charge in [0.25, 0.3) is 0 Å². The molecule has 1 aliphatic heterocycles. The van der Waals surface area contributed by atoms with Crippen LogP contribution in [-0.4, -0.2) is 80.4 Å². The van der Waals surface area contributed by atoms with Gasteiger partial charge in [0, 0.05) is 64.2 Å². The van der Waals surface area contributed by atoms with Crippen LogP contribution in [0, 0.1) is 5.95 Å². The number of ether oxygens (including phenoxy) is 2. The predicted molar refractivity (Wildman–Crippen MR) is 161 cm³/mol. The average Bonchev–Trinajstić information content (AvgIpc) is 3.32. The third-order valence-electron chi connectivity index (χ3n) is 7.17. The lowest BCUT2D eigenvalue weighted by Crippen LogP contribution is -2.45. The molecule has 1 fully saturated rings. The van der Waals surface area contributed by atoms with Crippen molar-refractivity contribution in [2.75, 3.05) is 44.8 Å². The van der Waals surface area contributed by atoms with Crippen molar-refractivity contribution in [1.29, 1.82) is 0 Å². The maximum Gasteiger partial charge on any atom is 0.224 e. The number of aromatic nitrogens is 4. The summed E-state index contributed by atoms with van der Waals surface area (Å²) in [5, 5.41) is 5.77. The van der Waals surface area contributed by atoms with E-state index in [-0.39, 0.29) is 12.3 Å². The maximum absolute atomic E-state index is 14.9. The number of thiol groups is 1. The molecule has 1 aliphatic rings. The molecule has 4 heterocycles. The lowest BCUT2D eigenvalue weighted by atomic mass is 10.0. The molecule has 0 N–H and O–H groups in total. The van der Waals surface area contributed by atoms with Crippen molar-refractivity contribution in [2.24, 2.45) is 0 Å². The molecular weight excluding hydrogens is 563 g/mol. The lowest BCUT2D eigenvalue weighted by molar-refractivity contribution is 0.0818. The van der Waals surface area contributed by atoms with Gasteiger partial charge in [-0.3, -0.25) is 0 Å². The van der Waals surface area contributed by atoms with Gasteiger partial charge in [0.15, 0.2) is 0 Å². The third kappa shape index (κ3) is 6.58. The molecule has 0 bridgehead atoms. The van der Waals surface area contributed by atoms with Crippen LogP contribution in [0.4, 0.5) is 10.2 Å². The lowest BCUT2D eigenvalue weighted by Gasteiger charge is -2.32. The molecule has 218 valence electrons. The van der Waals surface area contributed by atoms with Crippen molar-refractivity contribution in [2.45, 2.75) is 32.4 Å². The SMILES string of the molecule is COc1ccnc(F)c1-c1ccc2c(c1)c(-c1ccnc(N3CCN([SH](=O)=O)CC3)c1)nn2COCC[Si](C)(C)C. The van der Waals surface area contributed by atoms with Gasteiger partial charge in [-0.2, -0.15) is 9.49 Å². The molecule has 0 atom stereocenters. The number of fused-ring (bicyclic) bond motifs is 1. The number of piperazine rings is 1. The number of methoxy groups -OCH3 is 1. The van der Waals surface area contributed by atoms with Gasteiger partial charge in [-0.05, 0) is 41.9 Å². The number of nitrogens with zero attached hydrogens (tertiary/aromatic N) is 6. The van der Waals surface area contributed by atoms with Crippen molar-refractivity contribution >= 4 is 35.7 Å². The molecular formula is C28H35FN6O4SSi. The molecule has 4 aromatic rings. The second kappa shape index (κ2) is 12.2. The molecule has 41 heavy (non-hydrogen) atoms. The molecule has 5 rings (SSSR count). The molecule has 3 aromatic heterocycles. The second-order valence-corrected chi connectivity index (χ2v) is 17.9. The summed E-state index contributed by atoms with van der Waals surface area (Å²) in [4.78, 5) is 10.5. The minimum atomic E-state index is -2.58. The number of hydrogen-bond acceptors (Lipinski definition) is 8. The second-order valence-electron chi connectivity index (χ2n) is 11.2. The molecule has 1 saturated heterocycles. The average molecular weight is 599 g/mol. The first-order chi connectivity index (χ1) is 19.6. The van der Waals surface area contributed by atoms with Crippen molar-refractivity contribution in [3.05, 3.63) is 54.7 Å². The van der Waals surface area contributed by atoms with E-state index < -0.39 is 24.9 Å². The van der Waals surface area contributed by atoms with E-state index in [4.69, 9.17) is 14.6 Å². The van der Waals surface area contributed by atoms with Gasteiger partial charge in [-0.15, -0.1) is 0 Å². The summed E-state index contributed by atoms with van der Waals surface area (Å²) in [5.41, 5.74) is 3.31. The standard InChI is InChI=1S/C28H35FN6O4SSi/c1-38-24-8-10-31-28(29)26(24)20-5-6-23-22(17-20)27(32-35(23)19-39-15-16-41(2,3)4)21-7-9-30-25(18-21)33-11-13-34(14-12-33)40(36)37/h5-10,17-18,40H,11-16,19H2,1-4H3. The van der Waals surface area contributed by atoms with E-state index >= 15 is 0 Å². The Bertz CT molecular complexity index is 1610. The van der Waals surface area contributed by atoms with Gasteiger partial charge < -0.3 is 14.4 Å². The summed E-state index contributed by atoms with van der Waals surface area (Å²) in [6, 6.07) is 12.2. The quantitative estimate of drug-likeness (QED) is 0.125. The first-order valence-corrected chi connectivity index (χ1v) is 18.4. The van der Waals surface area contributed by atoms with Crippen LogP contribution < -0.4 is 9.64 Å². The Hall–Kier alpha value is -3.39. The first kappa shape index (κ1) is 29.1. The summed E-state index contributed by atoms with van der Waals surface area (Å²) >= 11 is 0. The highest BCUT2D eigenvalue weighted by Gasteiger charge is 2.22. The minimum absolute atomic E-state index is 0.284. The normalized spacial score (nSPS) is 14.7. The van der Waals surface area contributed by atoms with E-state index in [2.05, 4.69) is 34.5 Å². The molecule has 1 aromatic carbocycles. The van der Waals surface area contributed by atoms with Gasteiger partial charge in [0.2, 0.25) is 16.8 Å². The van der Waals surface area contributed by atoms with Crippen LogP contribution in [0.3, 0.4) is 0 Å². The summed E-state index contributed by atoms with van der Waals surface area (Å²) in [6.45, 7) is 9.80. The summed E-state index contributed by atoms with van der Waals surface area (Å²) in [5.74, 6) is 0.525. The number of halogens is 1. The van der Waals surface area contributed by atoms with Gasteiger partial charge in [0.1, 0.15) is 24.0 Å². The summed E-state index contributed by atoms with van der Waals surface area (Å²) in [7, 11) is -2.32. The fraction of sp³-hybridized carbons (Fsp3) is 0.393. The van der Waals surface area contributed by atoms with E-state index in [9.17, 15) is 12.8 Å². The first-order valence-electron chi connectivity index (χ1n) is 13.5. The number of rotatable bonds is 10. The Morgan fingerprint density at radius 2 is 1.73 bits per heavy atom. The molecule has 0 amide bonds. The van der Waals surface area contributed by atoms with Crippen molar-refractivity contribution in [1.82, 2.24) is 24.1 Å². The third-order valence-corrected chi connectivity index (χ3v) is 9.73. The smallest absolute Gasteiger partial charge is 0.224 e. The van der Waals surface area contributed by atoms with Crippen LogP contribution in [-0.2, 0) is 22.4 Å². The fourth-order valence-corrected chi connectivity index (χ4v) is 6.12. The van der Waals surface area contributed by atoms with E-state index in [1.165, 1.54) is 17.6 Å². The van der Waals surface area contributed by atoms with E-state index in [0.717, 1.165) is 28.3 Å². The highest BCUT2D eigenvalue weighted by atomic mass is 32.2. The van der Waals surface area contributed by atoms with Crippen LogP contribution in [0.25, 0.3) is 33.3 Å². The minimum Gasteiger partial charge on any atom is -0.496 e. The fourth-order valence-electron chi connectivity index (χ4n) is 4.85. The number of anilines is 1. The van der Waals surface area contributed by atoms with Gasteiger partial charge in [0.05, 0.1) is 18.2 Å². The van der Waals surface area contributed by atoms with Gasteiger partial charge in [-0.1, -0.05) is 25.7 Å². The summed E-state index contributed by atoms with van der Waals surface area (Å²) < 4.78 is 52.4. The van der Waals surface area contributed by atoms with E-state index in [0.29, 0.717) is 49.8 Å². The van der Waals surface area contributed by atoms with Crippen LogP contribution in [0.1, 0.15) is 0 Å². The monoisotopic (exact) mass is 598 g/mol.